The summed E-state index contributed by atoms with van der Waals surface area (Å²) < 4.78 is 5.36. The fourth-order valence-electron chi connectivity index (χ4n) is 1.44. The molecule has 0 heterocycles. The highest BCUT2D eigenvalue weighted by Crippen LogP contribution is 2.42. The van der Waals surface area contributed by atoms with Crippen molar-refractivity contribution in [2.24, 2.45) is 0 Å². The summed E-state index contributed by atoms with van der Waals surface area (Å²) in [5, 5.41) is 0. The number of rotatable bonds is 10. The first-order valence-electron chi connectivity index (χ1n) is 6.08. The Labute approximate surface area is 99.6 Å². The maximum atomic E-state index is 9.66. The molecule has 15 heavy (non-hydrogen) atoms. The van der Waals surface area contributed by atoms with E-state index in [-0.39, 0.29) is 0 Å². The highest BCUT2D eigenvalue weighted by molar-refractivity contribution is 8.09. The van der Waals surface area contributed by atoms with Gasteiger partial charge in [-0.2, -0.15) is 0 Å². The highest BCUT2D eigenvalue weighted by atomic mass is 32.5. The van der Waals surface area contributed by atoms with Crippen LogP contribution in [0.25, 0.3) is 0 Å². The van der Waals surface area contributed by atoms with Gasteiger partial charge in [-0.3, -0.25) is 0 Å². The predicted molar refractivity (Wildman–Crippen MR) is 71.0 cm³/mol. The van der Waals surface area contributed by atoms with Crippen LogP contribution in [0, 0.1) is 0 Å². The third kappa shape index (κ3) is 10.8. The zero-order valence-electron chi connectivity index (χ0n) is 10.1. The summed E-state index contributed by atoms with van der Waals surface area (Å²) in [4.78, 5) is 9.66. The average Bonchev–Trinajstić information content (AvgIpc) is 2.16. The second-order valence-corrected chi connectivity index (χ2v) is 7.65. The van der Waals surface area contributed by atoms with Crippen LogP contribution in [0.4, 0.5) is 0 Å². The normalized spacial score (nSPS) is 15.1. The fourth-order valence-corrected chi connectivity index (χ4v) is 3.32. The molecule has 92 valence electrons. The van der Waals surface area contributed by atoms with Crippen molar-refractivity contribution in [2.75, 3.05) is 12.8 Å². The molecule has 2 nitrogen and oxygen atoms in total. The molecule has 0 saturated carbocycles. The van der Waals surface area contributed by atoms with Crippen molar-refractivity contribution in [1.29, 1.82) is 0 Å². The molecule has 0 amide bonds. The van der Waals surface area contributed by atoms with Crippen LogP contribution in [0.3, 0.4) is 0 Å². The van der Waals surface area contributed by atoms with Crippen LogP contribution in [0.1, 0.15) is 58.8 Å². The number of hydrogen-bond acceptors (Lipinski definition) is 2. The van der Waals surface area contributed by atoms with Gasteiger partial charge in [0.15, 0.2) is 6.49 Å². The summed E-state index contributed by atoms with van der Waals surface area (Å²) in [6.07, 6.45) is 8.99. The minimum absolute atomic E-state index is 0.639. The Bertz CT molecular complexity index is 185. The molecule has 0 aliphatic carbocycles. The molecule has 0 aromatic carbocycles. The summed E-state index contributed by atoms with van der Waals surface area (Å²) in [6.45, 7) is 2.46. The molecule has 0 spiro atoms. The maximum Gasteiger partial charge on any atom is 0.186 e. The Morgan fingerprint density at radius 2 is 1.60 bits per heavy atom. The van der Waals surface area contributed by atoms with Gasteiger partial charge in [-0.05, 0) is 24.6 Å². The molecule has 0 rings (SSSR count). The van der Waals surface area contributed by atoms with E-state index in [1.54, 1.807) is 0 Å². The van der Waals surface area contributed by atoms with Gasteiger partial charge in [0.1, 0.15) is 0 Å². The van der Waals surface area contributed by atoms with Crippen molar-refractivity contribution < 1.29 is 9.42 Å². The molecular weight excluding hydrogens is 227 g/mol. The van der Waals surface area contributed by atoms with Crippen molar-refractivity contribution in [1.82, 2.24) is 0 Å². The Morgan fingerprint density at radius 3 is 2.20 bits per heavy atom. The van der Waals surface area contributed by atoms with Crippen molar-refractivity contribution in [3.8, 4) is 0 Å². The van der Waals surface area contributed by atoms with E-state index in [9.17, 15) is 4.89 Å². The number of unbranched alkanes of at least 4 members (excludes halogenated alkanes) is 5. The van der Waals surface area contributed by atoms with E-state index in [0.717, 1.165) is 12.8 Å². The third-order valence-electron chi connectivity index (χ3n) is 2.30. The van der Waals surface area contributed by atoms with E-state index < -0.39 is 6.49 Å². The van der Waals surface area contributed by atoms with Gasteiger partial charge in [-0.25, -0.2) is 0 Å². The van der Waals surface area contributed by atoms with Gasteiger partial charge < -0.3 is 9.42 Å². The van der Waals surface area contributed by atoms with E-state index in [1.165, 1.54) is 32.1 Å². The van der Waals surface area contributed by atoms with Gasteiger partial charge in [0, 0.05) is 6.16 Å². The van der Waals surface area contributed by atoms with E-state index in [4.69, 9.17) is 16.3 Å². The van der Waals surface area contributed by atoms with Gasteiger partial charge in [0.2, 0.25) is 0 Å². The van der Waals surface area contributed by atoms with E-state index in [2.05, 4.69) is 6.92 Å². The lowest BCUT2D eigenvalue weighted by Crippen LogP contribution is -1.96. The molecule has 0 aromatic rings. The van der Waals surface area contributed by atoms with Crippen LogP contribution in [-0.4, -0.2) is 17.7 Å². The molecular formula is C11H25O2PS. The molecule has 1 N–H and O–H groups in total. The van der Waals surface area contributed by atoms with Gasteiger partial charge in [-0.1, -0.05) is 46.0 Å². The molecule has 0 bridgehead atoms. The standard InChI is InChI=1S/C11H25O2PS/c1-3-5-6-7-8-9-10-13-14(12,15)11-4-2/h3-11H2,1-2H3,(H,12,15). The van der Waals surface area contributed by atoms with Gasteiger partial charge in [0.25, 0.3) is 0 Å². The Balaban J connectivity index is 3.26. The molecule has 0 saturated heterocycles. The monoisotopic (exact) mass is 252 g/mol. The minimum atomic E-state index is -2.42. The first-order chi connectivity index (χ1) is 7.12. The summed E-state index contributed by atoms with van der Waals surface area (Å²) in [5.74, 6) is 0. The Kier molecular flexibility index (Phi) is 10.1. The maximum absolute atomic E-state index is 9.66. The first kappa shape index (κ1) is 15.6. The predicted octanol–water partition coefficient (Wildman–Crippen LogP) is 4.08. The average molecular weight is 252 g/mol. The summed E-state index contributed by atoms with van der Waals surface area (Å²) in [5.41, 5.74) is 0. The molecule has 0 fully saturated rings. The van der Waals surface area contributed by atoms with Crippen LogP contribution in [0.2, 0.25) is 0 Å². The molecule has 0 aromatic heterocycles. The van der Waals surface area contributed by atoms with Crippen LogP contribution in [0.15, 0.2) is 0 Å². The minimum Gasteiger partial charge on any atom is -0.345 e. The smallest absolute Gasteiger partial charge is 0.186 e. The third-order valence-corrected chi connectivity index (χ3v) is 4.76. The molecule has 0 aliphatic heterocycles. The van der Waals surface area contributed by atoms with E-state index in [1.807, 2.05) is 6.92 Å². The first-order valence-corrected chi connectivity index (χ1v) is 8.94. The lowest BCUT2D eigenvalue weighted by Gasteiger charge is -2.14. The van der Waals surface area contributed by atoms with Crippen molar-refractivity contribution in [3.05, 3.63) is 0 Å². The van der Waals surface area contributed by atoms with Crippen molar-refractivity contribution >= 4 is 18.3 Å². The molecule has 4 heteroatoms. The van der Waals surface area contributed by atoms with Crippen molar-refractivity contribution in [3.63, 3.8) is 0 Å². The second-order valence-electron chi connectivity index (χ2n) is 3.96. The topological polar surface area (TPSA) is 29.5 Å². The van der Waals surface area contributed by atoms with Gasteiger partial charge >= 0.3 is 0 Å². The van der Waals surface area contributed by atoms with Gasteiger partial charge in [0.05, 0.1) is 6.61 Å². The second kappa shape index (κ2) is 9.77. The summed E-state index contributed by atoms with van der Waals surface area (Å²) >= 11 is 5.01. The largest absolute Gasteiger partial charge is 0.345 e. The van der Waals surface area contributed by atoms with E-state index in [0.29, 0.717) is 12.8 Å². The zero-order chi connectivity index (χ0) is 11.6. The van der Waals surface area contributed by atoms with Crippen LogP contribution in [0.5, 0.6) is 0 Å². The highest BCUT2D eigenvalue weighted by Gasteiger charge is 2.10. The SMILES string of the molecule is CCCCCCCCOP(O)(=S)CCC. The summed E-state index contributed by atoms with van der Waals surface area (Å²) in [6, 6.07) is 0. The Morgan fingerprint density at radius 1 is 1.00 bits per heavy atom. The fraction of sp³-hybridized carbons (Fsp3) is 1.00. The Hall–Kier alpha value is 0.570. The van der Waals surface area contributed by atoms with Crippen LogP contribution >= 0.6 is 6.49 Å². The molecule has 1 unspecified atom stereocenters. The zero-order valence-corrected chi connectivity index (χ0v) is 11.8. The van der Waals surface area contributed by atoms with Crippen LogP contribution in [-0.2, 0) is 16.3 Å². The molecule has 1 atom stereocenters. The summed E-state index contributed by atoms with van der Waals surface area (Å²) in [7, 11) is 0. The molecule has 0 radical (unpaired) electrons. The van der Waals surface area contributed by atoms with Gasteiger partial charge in [-0.15, -0.1) is 0 Å². The lowest BCUT2D eigenvalue weighted by molar-refractivity contribution is 0.296. The number of hydrogen-bond donors (Lipinski definition) is 1. The lowest BCUT2D eigenvalue weighted by atomic mass is 10.1. The van der Waals surface area contributed by atoms with Crippen LogP contribution < -0.4 is 0 Å². The van der Waals surface area contributed by atoms with Crippen molar-refractivity contribution in [2.45, 2.75) is 58.8 Å². The quantitative estimate of drug-likeness (QED) is 0.469. The van der Waals surface area contributed by atoms with E-state index >= 15 is 0 Å². The molecule has 0 aliphatic rings.